The fourth-order valence-electron chi connectivity index (χ4n) is 2.30. The second-order valence-electron chi connectivity index (χ2n) is 5.64. The van der Waals surface area contributed by atoms with E-state index in [0.717, 1.165) is 4.57 Å². The van der Waals surface area contributed by atoms with Gasteiger partial charge in [0.2, 0.25) is 3.79 Å². The van der Waals surface area contributed by atoms with Gasteiger partial charge in [0.25, 0.3) is 0 Å². The highest BCUT2D eigenvalue weighted by atomic mass is 35.6. The predicted molar refractivity (Wildman–Crippen MR) is 100 cm³/mol. The number of halogens is 3. The maximum Gasteiger partial charge on any atom is 0.475 e. The zero-order valence-electron chi connectivity index (χ0n) is 14.5. The highest BCUT2D eigenvalue weighted by Crippen LogP contribution is 2.51. The van der Waals surface area contributed by atoms with E-state index in [0.29, 0.717) is 0 Å². The summed E-state index contributed by atoms with van der Waals surface area (Å²) in [4.78, 5) is 15.4. The zero-order valence-corrected chi connectivity index (χ0v) is 17.6. The van der Waals surface area contributed by atoms with E-state index in [9.17, 15) is 19.6 Å². The Morgan fingerprint density at radius 2 is 2.00 bits per heavy atom. The zero-order chi connectivity index (χ0) is 21.1. The molecule has 2 rings (SSSR count). The van der Waals surface area contributed by atoms with E-state index in [1.807, 2.05) is 0 Å². The lowest BCUT2D eigenvalue weighted by Gasteiger charge is -2.22. The number of aliphatic hydroxyl groups is 2. The molecule has 4 N–H and O–H groups in total. The molecule has 11 nitrogen and oxygen atoms in total. The van der Waals surface area contributed by atoms with Gasteiger partial charge >= 0.3 is 13.5 Å². The first-order valence-electron chi connectivity index (χ1n) is 7.92. The van der Waals surface area contributed by atoms with Crippen molar-refractivity contribution in [3.8, 4) is 0 Å². The summed E-state index contributed by atoms with van der Waals surface area (Å²) in [5.74, 6) is -0.0158. The smallest absolute Gasteiger partial charge is 0.387 e. The highest BCUT2D eigenvalue weighted by Gasteiger charge is 2.45. The van der Waals surface area contributed by atoms with Crippen molar-refractivity contribution in [3.63, 3.8) is 0 Å². The number of alkyl halides is 3. The lowest BCUT2D eigenvalue weighted by atomic mass is 10.1. The van der Waals surface area contributed by atoms with E-state index in [1.54, 1.807) is 0 Å². The molecule has 0 radical (unpaired) electrons. The first kappa shape index (κ1) is 23.8. The minimum Gasteiger partial charge on any atom is -0.387 e. The van der Waals surface area contributed by atoms with Gasteiger partial charge in [-0.1, -0.05) is 34.8 Å². The summed E-state index contributed by atoms with van der Waals surface area (Å²) in [6, 6.07) is 1.32. The molecule has 2 heterocycles. The van der Waals surface area contributed by atoms with Gasteiger partial charge in [0.1, 0.15) is 30.7 Å². The van der Waals surface area contributed by atoms with Crippen LogP contribution in [-0.2, 0) is 22.9 Å². The molecule has 0 spiro atoms. The molecule has 1 saturated heterocycles. The number of aromatic nitrogens is 2. The molecular formula is C13H19Cl3N3O8P. The summed E-state index contributed by atoms with van der Waals surface area (Å²) in [6.07, 6.45) is -4.15. The van der Waals surface area contributed by atoms with E-state index < -0.39 is 55.1 Å². The van der Waals surface area contributed by atoms with E-state index in [-0.39, 0.29) is 12.4 Å². The predicted octanol–water partition coefficient (Wildman–Crippen LogP) is 0.993. The maximum absolute atomic E-state index is 12.5. The second-order valence-corrected chi connectivity index (χ2v) is 9.82. The largest absolute Gasteiger partial charge is 0.475 e. The SMILES string of the molecule is CCOP(=O)(OC[C@H]1OC(n2ccc(N)nc2=O)[C@@H](O)[C@@H]1O)OCC(Cl)(Cl)Cl. The standard InChI is InChI=1S/C13H19Cl3N3O8P/c1-2-24-28(23,26-6-13(14,15)16)25-5-7-9(20)10(21)11(27-7)19-4-3-8(17)18-12(19)22/h3-4,7,9-11,20-21H,2,5-6H2,1H3,(H2,17,18,22)/t7-,9-,10+,11?,28?/m1/s1. The normalized spacial score (nSPS) is 27.6. The first-order valence-corrected chi connectivity index (χ1v) is 10.5. The van der Waals surface area contributed by atoms with Crippen LogP contribution in [0.5, 0.6) is 0 Å². The number of nitrogens with two attached hydrogens (primary N) is 1. The number of rotatable bonds is 8. The van der Waals surface area contributed by atoms with Gasteiger partial charge in [0.05, 0.1) is 13.2 Å². The van der Waals surface area contributed by atoms with Crippen LogP contribution < -0.4 is 11.4 Å². The van der Waals surface area contributed by atoms with Gasteiger partial charge in [-0.2, -0.15) is 4.98 Å². The van der Waals surface area contributed by atoms with Crippen LogP contribution >= 0.6 is 42.6 Å². The van der Waals surface area contributed by atoms with Crippen molar-refractivity contribution in [3.05, 3.63) is 22.7 Å². The van der Waals surface area contributed by atoms with Gasteiger partial charge in [-0.05, 0) is 13.0 Å². The fourth-order valence-corrected chi connectivity index (χ4v) is 3.92. The Labute approximate surface area is 174 Å². The molecule has 1 aromatic heterocycles. The van der Waals surface area contributed by atoms with E-state index >= 15 is 0 Å². The van der Waals surface area contributed by atoms with Crippen molar-refractivity contribution in [2.75, 3.05) is 25.6 Å². The first-order chi connectivity index (χ1) is 13.0. The topological polar surface area (TPSA) is 155 Å². The van der Waals surface area contributed by atoms with Crippen LogP contribution in [0, 0.1) is 0 Å². The summed E-state index contributed by atoms with van der Waals surface area (Å²) in [6.45, 7) is 0.405. The Morgan fingerprint density at radius 3 is 2.57 bits per heavy atom. The summed E-state index contributed by atoms with van der Waals surface area (Å²) in [7, 11) is -4.15. The molecule has 0 aromatic carbocycles. The number of phosphoric ester groups is 1. The van der Waals surface area contributed by atoms with Crippen LogP contribution in [0.3, 0.4) is 0 Å². The lowest BCUT2D eigenvalue weighted by molar-refractivity contribution is -0.0561. The molecule has 5 atom stereocenters. The third-order valence-corrected chi connectivity index (χ3v) is 5.35. The van der Waals surface area contributed by atoms with Gasteiger partial charge in [-0.3, -0.25) is 18.1 Å². The van der Waals surface area contributed by atoms with Crippen LogP contribution in [0.15, 0.2) is 17.1 Å². The summed E-state index contributed by atoms with van der Waals surface area (Å²) in [5, 5.41) is 20.4. The quantitative estimate of drug-likeness (QED) is 0.361. The number of hydrogen-bond acceptors (Lipinski definition) is 10. The molecule has 1 fully saturated rings. The number of nitrogen functional groups attached to an aromatic ring is 1. The van der Waals surface area contributed by atoms with E-state index in [4.69, 9.17) is 58.8 Å². The Kier molecular flexibility index (Phi) is 8.14. The number of aliphatic hydroxyl groups excluding tert-OH is 2. The van der Waals surface area contributed by atoms with Gasteiger partial charge in [-0.15, -0.1) is 0 Å². The van der Waals surface area contributed by atoms with Crippen LogP contribution in [-0.4, -0.2) is 61.7 Å². The maximum atomic E-state index is 12.5. The number of nitrogens with zero attached hydrogens (tertiary/aromatic N) is 2. The summed E-state index contributed by atoms with van der Waals surface area (Å²) in [5.41, 5.74) is 4.63. The van der Waals surface area contributed by atoms with Crippen molar-refractivity contribution in [2.45, 2.75) is 35.3 Å². The monoisotopic (exact) mass is 481 g/mol. The van der Waals surface area contributed by atoms with Crippen molar-refractivity contribution in [1.82, 2.24) is 9.55 Å². The van der Waals surface area contributed by atoms with Crippen LogP contribution in [0.1, 0.15) is 13.2 Å². The molecule has 1 aliphatic heterocycles. The molecule has 2 unspecified atom stereocenters. The van der Waals surface area contributed by atoms with Crippen LogP contribution in [0.25, 0.3) is 0 Å². The van der Waals surface area contributed by atoms with Gasteiger partial charge in [0.15, 0.2) is 6.23 Å². The third-order valence-electron chi connectivity index (χ3n) is 3.53. The molecule has 160 valence electrons. The van der Waals surface area contributed by atoms with E-state index in [2.05, 4.69) is 4.98 Å². The van der Waals surface area contributed by atoms with Crippen LogP contribution in [0.4, 0.5) is 5.82 Å². The number of ether oxygens (including phenoxy) is 1. The van der Waals surface area contributed by atoms with Gasteiger partial charge in [0, 0.05) is 6.20 Å². The Bertz CT molecular complexity index is 776. The van der Waals surface area contributed by atoms with Crippen molar-refractivity contribution in [1.29, 1.82) is 0 Å². The van der Waals surface area contributed by atoms with Gasteiger partial charge < -0.3 is 20.7 Å². The third kappa shape index (κ3) is 6.27. The van der Waals surface area contributed by atoms with Crippen molar-refractivity contribution >= 4 is 48.4 Å². The molecule has 0 aliphatic carbocycles. The Balaban J connectivity index is 2.07. The molecule has 0 amide bonds. The average Bonchev–Trinajstić information content (AvgIpc) is 2.87. The molecule has 1 aliphatic rings. The molecule has 1 aromatic rings. The summed E-state index contributed by atoms with van der Waals surface area (Å²) < 4.78 is 32.1. The minimum absolute atomic E-state index is 0.0158. The number of anilines is 1. The van der Waals surface area contributed by atoms with Crippen LogP contribution in [0.2, 0.25) is 0 Å². The minimum atomic E-state index is -4.15. The Morgan fingerprint density at radius 1 is 1.32 bits per heavy atom. The molecular weight excluding hydrogens is 463 g/mol. The molecule has 0 bridgehead atoms. The second kappa shape index (κ2) is 9.57. The van der Waals surface area contributed by atoms with E-state index in [1.165, 1.54) is 19.2 Å². The Hall–Kier alpha value is -0.460. The lowest BCUT2D eigenvalue weighted by Crippen LogP contribution is -2.36. The van der Waals surface area contributed by atoms with Crippen molar-refractivity contribution < 1.29 is 33.1 Å². The van der Waals surface area contributed by atoms with Crippen molar-refractivity contribution in [2.24, 2.45) is 0 Å². The number of hydrogen-bond donors (Lipinski definition) is 3. The van der Waals surface area contributed by atoms with Gasteiger partial charge in [-0.25, -0.2) is 9.36 Å². The highest BCUT2D eigenvalue weighted by molar-refractivity contribution is 7.48. The average molecular weight is 483 g/mol. The molecule has 15 heteroatoms. The molecule has 28 heavy (non-hydrogen) atoms. The summed E-state index contributed by atoms with van der Waals surface area (Å²) >= 11 is 16.7. The number of phosphoric acid groups is 1. The molecule has 0 saturated carbocycles. The fraction of sp³-hybridized carbons (Fsp3) is 0.692.